The molecule has 3 N–H and O–H groups in total. The Hall–Kier alpha value is -2.40. The Labute approximate surface area is 171 Å². The van der Waals surface area contributed by atoms with Gasteiger partial charge in [-0.25, -0.2) is 4.98 Å². The van der Waals surface area contributed by atoms with Gasteiger partial charge >= 0.3 is 0 Å². The molecule has 1 saturated carbocycles. The van der Waals surface area contributed by atoms with Crippen LogP contribution in [-0.4, -0.2) is 22.6 Å². The Morgan fingerprint density at radius 3 is 2.43 bits per heavy atom. The highest BCUT2D eigenvalue weighted by Gasteiger charge is 2.22. The van der Waals surface area contributed by atoms with E-state index in [0.29, 0.717) is 29.0 Å². The molecular weight excluding hydrogens is 372 g/mol. The molecule has 0 aliphatic heterocycles. The van der Waals surface area contributed by atoms with Crippen molar-refractivity contribution >= 4 is 34.7 Å². The average Bonchev–Trinajstić information content (AvgIpc) is 3.15. The smallest absolute Gasteiger partial charge is 0.258 e. The van der Waals surface area contributed by atoms with E-state index in [1.807, 2.05) is 24.3 Å². The van der Waals surface area contributed by atoms with Crippen LogP contribution in [0, 0.1) is 5.41 Å². The highest BCUT2D eigenvalue weighted by Crippen LogP contribution is 2.30. The number of halogens is 1. The molecule has 1 amide bonds. The predicted octanol–water partition coefficient (Wildman–Crippen LogP) is 5.85. The molecule has 2 aromatic rings. The van der Waals surface area contributed by atoms with E-state index in [-0.39, 0.29) is 22.2 Å². The fourth-order valence-corrected chi connectivity index (χ4v) is 3.88. The van der Waals surface area contributed by atoms with Crippen molar-refractivity contribution in [2.24, 2.45) is 0 Å². The summed E-state index contributed by atoms with van der Waals surface area (Å²) in [6.45, 7) is 5.91. The minimum Gasteiger partial charge on any atom is -0.367 e. The van der Waals surface area contributed by atoms with Crippen LogP contribution < -0.4 is 10.6 Å². The summed E-state index contributed by atoms with van der Waals surface area (Å²) in [6.07, 6.45) is 6.06. The summed E-state index contributed by atoms with van der Waals surface area (Å²) in [5.74, 6) is 0.688. The van der Waals surface area contributed by atoms with Crippen LogP contribution in [0.5, 0.6) is 0 Å². The van der Waals surface area contributed by atoms with Crippen molar-refractivity contribution < 1.29 is 4.79 Å². The summed E-state index contributed by atoms with van der Waals surface area (Å²) >= 11 is 6.54. The lowest BCUT2D eigenvalue weighted by atomic mass is 10.0. The van der Waals surface area contributed by atoms with Gasteiger partial charge < -0.3 is 16.0 Å². The molecule has 1 heterocycles. The molecule has 1 aromatic carbocycles. The van der Waals surface area contributed by atoms with E-state index < -0.39 is 0 Å². The molecule has 5 nitrogen and oxygen atoms in total. The van der Waals surface area contributed by atoms with E-state index in [9.17, 15) is 4.79 Å². The molecule has 1 fully saturated rings. The van der Waals surface area contributed by atoms with Crippen LogP contribution in [0.2, 0.25) is 5.02 Å². The number of benzene rings is 1. The summed E-state index contributed by atoms with van der Waals surface area (Å²) in [5, 5.41) is 14.6. The summed E-state index contributed by atoms with van der Waals surface area (Å²) in [5.41, 5.74) is 2.96. The second-order valence-corrected chi connectivity index (χ2v) is 8.07. The summed E-state index contributed by atoms with van der Waals surface area (Å²) < 4.78 is 0. The molecule has 3 rings (SSSR count). The van der Waals surface area contributed by atoms with Crippen LogP contribution in [0.15, 0.2) is 30.5 Å². The van der Waals surface area contributed by atoms with Crippen LogP contribution in [0.1, 0.15) is 73.9 Å². The van der Waals surface area contributed by atoms with Gasteiger partial charge in [0.25, 0.3) is 5.91 Å². The fourth-order valence-electron chi connectivity index (χ4n) is 3.51. The lowest BCUT2D eigenvalue weighted by Crippen LogP contribution is -2.20. The maximum Gasteiger partial charge on any atom is 0.258 e. The second-order valence-electron chi connectivity index (χ2n) is 7.69. The lowest BCUT2D eigenvalue weighted by Gasteiger charge is -2.18. The van der Waals surface area contributed by atoms with Crippen molar-refractivity contribution in [2.45, 2.75) is 58.4 Å². The van der Waals surface area contributed by atoms with Gasteiger partial charge in [0.2, 0.25) is 0 Å². The van der Waals surface area contributed by atoms with E-state index in [2.05, 4.69) is 29.5 Å². The Morgan fingerprint density at radius 2 is 1.86 bits per heavy atom. The van der Waals surface area contributed by atoms with Crippen LogP contribution in [-0.2, 0) is 0 Å². The first-order valence-electron chi connectivity index (χ1n) is 9.78. The number of hydrogen-bond acceptors (Lipinski definition) is 4. The zero-order valence-electron chi connectivity index (χ0n) is 16.6. The number of anilines is 2. The molecular formula is C22H27ClN4O. The van der Waals surface area contributed by atoms with Gasteiger partial charge in [0.05, 0.1) is 16.1 Å². The van der Waals surface area contributed by atoms with Gasteiger partial charge in [-0.15, -0.1) is 0 Å². The van der Waals surface area contributed by atoms with E-state index in [4.69, 9.17) is 17.0 Å². The zero-order valence-corrected chi connectivity index (χ0v) is 17.4. The first kappa shape index (κ1) is 20.3. The molecule has 0 unspecified atom stereocenters. The maximum absolute atomic E-state index is 12.8. The van der Waals surface area contributed by atoms with Crippen molar-refractivity contribution in [3.05, 3.63) is 52.2 Å². The van der Waals surface area contributed by atoms with E-state index in [0.717, 1.165) is 12.8 Å². The molecule has 0 saturated heterocycles. The second kappa shape index (κ2) is 8.74. The lowest BCUT2D eigenvalue weighted by molar-refractivity contribution is 0.102. The molecule has 1 aliphatic rings. The van der Waals surface area contributed by atoms with Gasteiger partial charge in [-0.1, -0.05) is 50.4 Å². The van der Waals surface area contributed by atoms with Crippen molar-refractivity contribution in [3.8, 4) is 0 Å². The Kier molecular flexibility index (Phi) is 6.35. The van der Waals surface area contributed by atoms with Gasteiger partial charge in [0, 0.05) is 23.6 Å². The van der Waals surface area contributed by atoms with Crippen molar-refractivity contribution in [3.63, 3.8) is 0 Å². The van der Waals surface area contributed by atoms with Gasteiger partial charge in [0.1, 0.15) is 5.82 Å². The van der Waals surface area contributed by atoms with Crippen molar-refractivity contribution in [1.29, 1.82) is 5.41 Å². The van der Waals surface area contributed by atoms with Gasteiger partial charge in [-0.3, -0.25) is 4.79 Å². The number of carbonyl (C=O) groups excluding carboxylic acids is 1. The molecule has 1 aromatic heterocycles. The van der Waals surface area contributed by atoms with Crippen molar-refractivity contribution in [1.82, 2.24) is 4.98 Å². The number of hydrogen-bond donors (Lipinski definition) is 3. The van der Waals surface area contributed by atoms with E-state index >= 15 is 0 Å². The summed E-state index contributed by atoms with van der Waals surface area (Å²) in [6, 6.07) is 8.12. The van der Waals surface area contributed by atoms with Gasteiger partial charge in [-0.05, 0) is 43.4 Å². The highest BCUT2D eigenvalue weighted by atomic mass is 35.5. The fraction of sp³-hybridized carbons (Fsp3) is 0.409. The third-order valence-corrected chi connectivity index (χ3v) is 5.56. The molecule has 0 atom stereocenters. The van der Waals surface area contributed by atoms with Crippen LogP contribution in [0.4, 0.5) is 11.5 Å². The molecule has 0 radical (unpaired) electrons. The number of pyridine rings is 1. The van der Waals surface area contributed by atoms with E-state index in [1.54, 1.807) is 6.92 Å². The quantitative estimate of drug-likeness (QED) is 0.534. The van der Waals surface area contributed by atoms with Crippen LogP contribution in [0.25, 0.3) is 0 Å². The molecule has 0 spiro atoms. The largest absolute Gasteiger partial charge is 0.367 e. The third-order valence-electron chi connectivity index (χ3n) is 5.17. The van der Waals surface area contributed by atoms with Gasteiger partial charge in [-0.2, -0.15) is 0 Å². The molecule has 148 valence electrons. The Morgan fingerprint density at radius 1 is 1.21 bits per heavy atom. The van der Waals surface area contributed by atoms with Gasteiger partial charge in [0.15, 0.2) is 0 Å². The number of amides is 1. The summed E-state index contributed by atoms with van der Waals surface area (Å²) in [7, 11) is 0. The molecule has 28 heavy (non-hydrogen) atoms. The first-order valence-corrected chi connectivity index (χ1v) is 10.2. The number of rotatable bonds is 6. The molecule has 6 heteroatoms. The minimum atomic E-state index is -0.329. The van der Waals surface area contributed by atoms with Crippen LogP contribution in [0.3, 0.4) is 0 Å². The highest BCUT2D eigenvalue weighted by molar-refractivity contribution is 6.38. The number of nitrogens with zero attached hydrogens (tertiary/aromatic N) is 1. The first-order chi connectivity index (χ1) is 13.4. The third kappa shape index (κ3) is 4.53. The Balaban J connectivity index is 1.83. The SMILES string of the molecule is CC(=N)c1c(NC2CCCC2)ncc(C(=O)Nc2ccc(C(C)C)cc2)c1Cl. The average molecular weight is 399 g/mol. The predicted molar refractivity (Wildman–Crippen MR) is 116 cm³/mol. The monoisotopic (exact) mass is 398 g/mol. The number of aromatic nitrogens is 1. The topological polar surface area (TPSA) is 77.9 Å². The van der Waals surface area contributed by atoms with Crippen LogP contribution >= 0.6 is 11.6 Å². The number of carbonyl (C=O) groups is 1. The van der Waals surface area contributed by atoms with Crippen molar-refractivity contribution in [2.75, 3.05) is 10.6 Å². The molecule has 0 bridgehead atoms. The maximum atomic E-state index is 12.8. The zero-order chi connectivity index (χ0) is 20.3. The molecule has 1 aliphatic carbocycles. The van der Waals surface area contributed by atoms with E-state index in [1.165, 1.54) is 24.6 Å². The Bertz CT molecular complexity index is 871. The summed E-state index contributed by atoms with van der Waals surface area (Å²) in [4.78, 5) is 17.2. The minimum absolute atomic E-state index is 0.263. The number of nitrogens with one attached hydrogen (secondary N) is 3. The standard InChI is InChI=1S/C22H27ClN4O/c1-13(2)15-8-10-17(11-9-15)27-22(28)18-12-25-21(19(14(3)24)20(18)23)26-16-6-4-5-7-16/h8-13,16,24H,4-7H2,1-3H3,(H,25,26)(H,27,28). The normalized spacial score (nSPS) is 14.3.